The molecule has 0 saturated carbocycles. The van der Waals surface area contributed by atoms with E-state index in [9.17, 15) is 18.0 Å². The highest BCUT2D eigenvalue weighted by atomic mass is 32.2. The lowest BCUT2D eigenvalue weighted by atomic mass is 9.98. The molecule has 0 bridgehead atoms. The third kappa shape index (κ3) is 4.61. The summed E-state index contributed by atoms with van der Waals surface area (Å²) in [6, 6.07) is 14.3. The van der Waals surface area contributed by atoms with Crippen LogP contribution in [-0.2, 0) is 15.0 Å². The second kappa shape index (κ2) is 9.52. The van der Waals surface area contributed by atoms with Gasteiger partial charge >= 0.3 is 0 Å². The van der Waals surface area contributed by atoms with Crippen LogP contribution in [0, 0.1) is 12.8 Å². The number of hydrogen-bond acceptors (Lipinski definition) is 5. The van der Waals surface area contributed by atoms with Gasteiger partial charge in [0.25, 0.3) is 15.8 Å². The normalized spacial score (nSPS) is 19.7. The zero-order chi connectivity index (χ0) is 24.6. The van der Waals surface area contributed by atoms with Gasteiger partial charge < -0.3 is 5.32 Å². The van der Waals surface area contributed by atoms with Crippen LogP contribution in [0.4, 0.5) is 5.69 Å². The summed E-state index contributed by atoms with van der Waals surface area (Å²) in [5, 5.41) is 3.46. The van der Waals surface area contributed by atoms with Crippen LogP contribution in [0.5, 0.6) is 0 Å². The van der Waals surface area contributed by atoms with Crippen molar-refractivity contribution in [3.8, 4) is 5.69 Å². The maximum atomic E-state index is 13.0. The van der Waals surface area contributed by atoms with Crippen LogP contribution in [0.3, 0.4) is 0 Å². The number of aryl methyl sites for hydroxylation is 1. The SMILES string of the molecule is Cc1nc2ccccc2c(=O)n1-c1ccc(NC(=O)[C@H]2CCCN(S(=O)(=O)N3CCCC3)C2)cc1. The first kappa shape index (κ1) is 23.7. The van der Waals surface area contributed by atoms with Gasteiger partial charge in [-0.15, -0.1) is 0 Å². The van der Waals surface area contributed by atoms with Gasteiger partial charge in [0.1, 0.15) is 5.82 Å². The first-order valence-corrected chi connectivity index (χ1v) is 13.4. The van der Waals surface area contributed by atoms with E-state index in [2.05, 4.69) is 10.3 Å². The van der Waals surface area contributed by atoms with E-state index in [4.69, 9.17) is 0 Å². The molecule has 1 amide bonds. The zero-order valence-electron chi connectivity index (χ0n) is 19.7. The Bertz CT molecular complexity index is 1410. The molecule has 3 heterocycles. The van der Waals surface area contributed by atoms with Gasteiger partial charge in [-0.05, 0) is 69.0 Å². The van der Waals surface area contributed by atoms with Crippen LogP contribution in [-0.4, -0.2) is 58.7 Å². The summed E-state index contributed by atoms with van der Waals surface area (Å²) in [6.07, 6.45) is 3.07. The Hall–Kier alpha value is -3.08. The molecule has 1 N–H and O–H groups in total. The Labute approximate surface area is 204 Å². The number of nitrogens with one attached hydrogen (secondary N) is 1. The summed E-state index contributed by atoms with van der Waals surface area (Å²) in [7, 11) is -3.51. The van der Waals surface area contributed by atoms with Crippen LogP contribution in [0.2, 0.25) is 0 Å². The zero-order valence-corrected chi connectivity index (χ0v) is 20.5. The monoisotopic (exact) mass is 495 g/mol. The molecule has 2 fully saturated rings. The number of nitrogens with zero attached hydrogens (tertiary/aromatic N) is 4. The number of hydrogen-bond donors (Lipinski definition) is 1. The minimum absolute atomic E-state index is 0.147. The van der Waals surface area contributed by atoms with Crippen molar-refractivity contribution in [2.24, 2.45) is 5.92 Å². The molecule has 2 aromatic carbocycles. The fourth-order valence-electron chi connectivity index (χ4n) is 4.93. The van der Waals surface area contributed by atoms with E-state index >= 15 is 0 Å². The minimum Gasteiger partial charge on any atom is -0.326 e. The van der Waals surface area contributed by atoms with Gasteiger partial charge in [-0.25, -0.2) is 4.98 Å². The Morgan fingerprint density at radius 3 is 2.40 bits per heavy atom. The lowest BCUT2D eigenvalue weighted by Gasteiger charge is -2.33. The Kier molecular flexibility index (Phi) is 6.43. The van der Waals surface area contributed by atoms with Crippen molar-refractivity contribution >= 4 is 32.7 Å². The number of rotatable bonds is 5. The number of fused-ring (bicyclic) bond motifs is 1. The van der Waals surface area contributed by atoms with Crippen LogP contribution >= 0.6 is 0 Å². The molecule has 9 nitrogen and oxygen atoms in total. The second-order valence-corrected chi connectivity index (χ2v) is 11.1. The number of carbonyl (C=O) groups is 1. The first-order valence-electron chi connectivity index (χ1n) is 12.0. The van der Waals surface area contributed by atoms with Crippen molar-refractivity contribution in [3.63, 3.8) is 0 Å². The predicted molar refractivity (Wildman–Crippen MR) is 135 cm³/mol. The molecule has 0 unspecified atom stereocenters. The average molecular weight is 496 g/mol. The highest BCUT2D eigenvalue weighted by Crippen LogP contribution is 2.25. The third-order valence-corrected chi connectivity index (χ3v) is 8.81. The molecule has 5 rings (SSSR count). The summed E-state index contributed by atoms with van der Waals surface area (Å²) in [5.74, 6) is -0.0258. The summed E-state index contributed by atoms with van der Waals surface area (Å²) in [4.78, 5) is 30.5. The van der Waals surface area contributed by atoms with Crippen molar-refractivity contribution in [1.29, 1.82) is 0 Å². The molecule has 184 valence electrons. The molecule has 10 heteroatoms. The molecule has 2 saturated heterocycles. The Morgan fingerprint density at radius 1 is 0.971 bits per heavy atom. The van der Waals surface area contributed by atoms with E-state index in [-0.39, 0.29) is 18.0 Å². The van der Waals surface area contributed by atoms with Crippen molar-refractivity contribution in [1.82, 2.24) is 18.2 Å². The number of carbonyl (C=O) groups excluding carboxylic acids is 1. The lowest BCUT2D eigenvalue weighted by Crippen LogP contribution is -2.49. The molecular formula is C25H29N5O4S. The van der Waals surface area contributed by atoms with Crippen molar-refractivity contribution in [2.75, 3.05) is 31.5 Å². The number of anilines is 1. The maximum Gasteiger partial charge on any atom is 0.281 e. The summed E-state index contributed by atoms with van der Waals surface area (Å²) >= 11 is 0. The van der Waals surface area contributed by atoms with Crippen LogP contribution < -0.4 is 10.9 Å². The van der Waals surface area contributed by atoms with Gasteiger partial charge in [-0.1, -0.05) is 12.1 Å². The van der Waals surface area contributed by atoms with Gasteiger partial charge in [0.2, 0.25) is 5.91 Å². The smallest absolute Gasteiger partial charge is 0.281 e. The first-order chi connectivity index (χ1) is 16.8. The van der Waals surface area contributed by atoms with Crippen LogP contribution in [0.25, 0.3) is 16.6 Å². The molecule has 0 spiro atoms. The van der Waals surface area contributed by atoms with Gasteiger partial charge in [0, 0.05) is 31.9 Å². The number of piperidine rings is 1. The largest absolute Gasteiger partial charge is 0.326 e. The molecular weight excluding hydrogens is 466 g/mol. The molecule has 1 atom stereocenters. The molecule has 0 radical (unpaired) electrons. The number of amides is 1. The van der Waals surface area contributed by atoms with E-state index in [0.717, 1.165) is 12.8 Å². The highest BCUT2D eigenvalue weighted by molar-refractivity contribution is 7.86. The number of para-hydroxylation sites is 1. The molecule has 1 aromatic heterocycles. The topological polar surface area (TPSA) is 105 Å². The predicted octanol–water partition coefficient (Wildman–Crippen LogP) is 2.69. The van der Waals surface area contributed by atoms with Crippen molar-refractivity contribution in [3.05, 3.63) is 64.7 Å². The molecule has 0 aliphatic carbocycles. The molecule has 2 aliphatic heterocycles. The fraction of sp³-hybridized carbons (Fsp3) is 0.400. The summed E-state index contributed by atoms with van der Waals surface area (Å²) in [6.45, 7) is 3.54. The van der Waals surface area contributed by atoms with Gasteiger partial charge in [-0.2, -0.15) is 17.0 Å². The van der Waals surface area contributed by atoms with Gasteiger partial charge in [-0.3, -0.25) is 14.2 Å². The maximum absolute atomic E-state index is 13.0. The lowest BCUT2D eigenvalue weighted by molar-refractivity contribution is -0.120. The molecule has 35 heavy (non-hydrogen) atoms. The van der Waals surface area contributed by atoms with Crippen LogP contribution in [0.15, 0.2) is 53.3 Å². The minimum atomic E-state index is -3.51. The fourth-order valence-corrected chi connectivity index (χ4v) is 6.71. The van der Waals surface area contributed by atoms with E-state index in [1.165, 1.54) is 8.61 Å². The van der Waals surface area contributed by atoms with E-state index < -0.39 is 16.1 Å². The number of aromatic nitrogens is 2. The van der Waals surface area contributed by atoms with E-state index in [1.54, 1.807) is 41.8 Å². The second-order valence-electron chi connectivity index (χ2n) is 9.16. The molecule has 2 aliphatic rings. The van der Waals surface area contributed by atoms with Crippen molar-refractivity contribution < 1.29 is 13.2 Å². The summed E-state index contributed by atoms with van der Waals surface area (Å²) < 4.78 is 30.4. The Morgan fingerprint density at radius 2 is 1.66 bits per heavy atom. The molecule has 3 aromatic rings. The van der Waals surface area contributed by atoms with E-state index in [0.29, 0.717) is 60.6 Å². The standard InChI is InChI=1S/C25H29N5O4S/c1-18-26-23-9-3-2-8-22(23)25(32)30(18)21-12-10-20(11-13-21)27-24(31)19-7-6-16-29(17-19)35(33,34)28-14-4-5-15-28/h2-3,8-13,19H,4-7,14-17H2,1H3,(H,27,31)/t19-/m0/s1. The van der Waals surface area contributed by atoms with E-state index in [1.807, 2.05) is 18.2 Å². The average Bonchev–Trinajstić information content (AvgIpc) is 3.41. The van der Waals surface area contributed by atoms with Crippen molar-refractivity contribution in [2.45, 2.75) is 32.6 Å². The Balaban J connectivity index is 1.30. The summed E-state index contributed by atoms with van der Waals surface area (Å²) in [5.41, 5.74) is 1.76. The highest BCUT2D eigenvalue weighted by Gasteiger charge is 2.36. The quantitative estimate of drug-likeness (QED) is 0.586. The number of benzene rings is 2. The van der Waals surface area contributed by atoms with Gasteiger partial charge in [0.05, 0.1) is 22.5 Å². The van der Waals surface area contributed by atoms with Gasteiger partial charge in [0.15, 0.2) is 0 Å². The van der Waals surface area contributed by atoms with Crippen LogP contribution in [0.1, 0.15) is 31.5 Å². The third-order valence-electron chi connectivity index (χ3n) is 6.81.